The maximum Gasteiger partial charge on any atom is 0.358 e. The van der Waals surface area contributed by atoms with E-state index < -0.39 is 11.5 Å². The number of hydrogen-bond donors (Lipinski definition) is 1. The highest BCUT2D eigenvalue weighted by Gasteiger charge is 2.48. The van der Waals surface area contributed by atoms with Crippen LogP contribution in [0.1, 0.15) is 72.0 Å². The van der Waals surface area contributed by atoms with E-state index in [1.165, 1.54) is 30.7 Å². The molecule has 2 amide bonds. The number of carbonyl (C=O) groups is 3. The standard InChI is InChI=1S/C24H30N4O4/c1-24(23(31)25-18-12-8-3-4-9-13-18)16-28-20(14-19(26-28)22(30)32-2)21(29)27(24)15-17-10-6-5-7-11-17/h5-7,10-11,14,18H,3-4,8-9,12-13,15-16H2,1-2H3,(H,25,31)/t24-/m0/s1. The third-order valence-electron chi connectivity index (χ3n) is 6.56. The first-order valence-electron chi connectivity index (χ1n) is 11.3. The number of nitrogens with zero attached hydrogens (tertiary/aromatic N) is 3. The van der Waals surface area contributed by atoms with Crippen molar-refractivity contribution < 1.29 is 19.1 Å². The fourth-order valence-corrected chi connectivity index (χ4v) is 4.62. The van der Waals surface area contributed by atoms with Gasteiger partial charge in [-0.15, -0.1) is 0 Å². The van der Waals surface area contributed by atoms with Gasteiger partial charge in [0, 0.05) is 18.7 Å². The van der Waals surface area contributed by atoms with Crippen molar-refractivity contribution in [1.29, 1.82) is 0 Å². The molecule has 32 heavy (non-hydrogen) atoms. The van der Waals surface area contributed by atoms with Crippen LogP contribution < -0.4 is 5.32 Å². The first-order valence-corrected chi connectivity index (χ1v) is 11.3. The number of hydrogen-bond acceptors (Lipinski definition) is 5. The van der Waals surface area contributed by atoms with Crippen LogP contribution in [0, 0.1) is 0 Å². The molecule has 4 rings (SSSR count). The van der Waals surface area contributed by atoms with E-state index in [1.54, 1.807) is 11.8 Å². The summed E-state index contributed by atoms with van der Waals surface area (Å²) in [4.78, 5) is 40.8. The van der Waals surface area contributed by atoms with Crippen LogP contribution in [-0.2, 0) is 22.6 Å². The Morgan fingerprint density at radius 3 is 2.50 bits per heavy atom. The minimum absolute atomic E-state index is 0.0592. The molecule has 1 saturated carbocycles. The summed E-state index contributed by atoms with van der Waals surface area (Å²) in [7, 11) is 1.27. The van der Waals surface area contributed by atoms with Gasteiger partial charge >= 0.3 is 5.97 Å². The zero-order chi connectivity index (χ0) is 22.7. The lowest BCUT2D eigenvalue weighted by Crippen LogP contribution is -2.64. The molecule has 8 nitrogen and oxygen atoms in total. The van der Waals surface area contributed by atoms with Gasteiger partial charge < -0.3 is 15.0 Å². The van der Waals surface area contributed by atoms with Crippen molar-refractivity contribution in [3.8, 4) is 0 Å². The van der Waals surface area contributed by atoms with Gasteiger partial charge in [-0.05, 0) is 25.3 Å². The van der Waals surface area contributed by atoms with Crippen LogP contribution in [0.3, 0.4) is 0 Å². The Hall–Kier alpha value is -3.16. The number of nitrogens with one attached hydrogen (secondary N) is 1. The van der Waals surface area contributed by atoms with Crippen molar-refractivity contribution >= 4 is 17.8 Å². The van der Waals surface area contributed by atoms with E-state index >= 15 is 0 Å². The lowest BCUT2D eigenvalue weighted by atomic mass is 9.93. The van der Waals surface area contributed by atoms with Gasteiger partial charge in [0.2, 0.25) is 5.91 Å². The molecule has 0 saturated heterocycles. The van der Waals surface area contributed by atoms with Crippen molar-refractivity contribution in [2.45, 2.75) is 70.1 Å². The average molecular weight is 439 g/mol. The Labute approximate surface area is 187 Å². The highest BCUT2D eigenvalue weighted by Crippen LogP contribution is 2.30. The van der Waals surface area contributed by atoms with E-state index in [2.05, 4.69) is 10.4 Å². The zero-order valence-electron chi connectivity index (χ0n) is 18.7. The van der Waals surface area contributed by atoms with Gasteiger partial charge in [-0.3, -0.25) is 14.3 Å². The van der Waals surface area contributed by atoms with Crippen LogP contribution in [0.2, 0.25) is 0 Å². The summed E-state index contributed by atoms with van der Waals surface area (Å²) in [5.41, 5.74) is 0.117. The molecule has 170 valence electrons. The summed E-state index contributed by atoms with van der Waals surface area (Å²) in [6.45, 7) is 2.23. The quantitative estimate of drug-likeness (QED) is 0.572. The number of esters is 1. The van der Waals surface area contributed by atoms with Crippen molar-refractivity contribution in [3.63, 3.8) is 0 Å². The maximum absolute atomic E-state index is 13.6. The van der Waals surface area contributed by atoms with Gasteiger partial charge in [0.05, 0.1) is 13.7 Å². The third-order valence-corrected chi connectivity index (χ3v) is 6.56. The second kappa shape index (κ2) is 9.14. The molecule has 2 aromatic rings. The van der Waals surface area contributed by atoms with Gasteiger partial charge in [-0.25, -0.2) is 4.79 Å². The van der Waals surface area contributed by atoms with Crippen LogP contribution in [-0.4, -0.2) is 51.2 Å². The lowest BCUT2D eigenvalue weighted by molar-refractivity contribution is -0.134. The molecule has 2 heterocycles. The summed E-state index contributed by atoms with van der Waals surface area (Å²) in [5, 5.41) is 7.48. The first-order chi connectivity index (χ1) is 15.4. The SMILES string of the molecule is COC(=O)c1cc2n(n1)C[C@@](C)(C(=O)NC1CCCCCC1)N(Cc1ccccc1)C2=O. The van der Waals surface area contributed by atoms with Crippen LogP contribution in [0.4, 0.5) is 0 Å². The number of amides is 2. The van der Waals surface area contributed by atoms with E-state index in [-0.39, 0.29) is 42.3 Å². The van der Waals surface area contributed by atoms with E-state index in [0.717, 1.165) is 31.2 Å². The van der Waals surface area contributed by atoms with Gasteiger partial charge in [0.1, 0.15) is 11.2 Å². The Morgan fingerprint density at radius 2 is 1.84 bits per heavy atom. The molecule has 1 aromatic carbocycles. The number of benzene rings is 1. The molecule has 1 fully saturated rings. The highest BCUT2D eigenvalue weighted by atomic mass is 16.5. The van der Waals surface area contributed by atoms with Crippen LogP contribution >= 0.6 is 0 Å². The predicted molar refractivity (Wildman–Crippen MR) is 118 cm³/mol. The normalized spacial score (nSPS) is 21.6. The Kier molecular flexibility index (Phi) is 6.30. The monoisotopic (exact) mass is 438 g/mol. The smallest absolute Gasteiger partial charge is 0.358 e. The summed E-state index contributed by atoms with van der Waals surface area (Å²) in [5.74, 6) is -1.13. The molecule has 0 radical (unpaired) electrons. The van der Waals surface area contributed by atoms with Crippen molar-refractivity contribution in [2.24, 2.45) is 0 Å². The molecule has 0 bridgehead atoms. The number of fused-ring (bicyclic) bond motifs is 1. The fourth-order valence-electron chi connectivity index (χ4n) is 4.62. The van der Waals surface area contributed by atoms with Gasteiger partial charge in [-0.2, -0.15) is 5.10 Å². The second-order valence-corrected chi connectivity index (χ2v) is 8.88. The molecule has 1 aliphatic heterocycles. The number of aromatic nitrogens is 2. The third kappa shape index (κ3) is 4.26. The van der Waals surface area contributed by atoms with Crippen molar-refractivity contribution in [2.75, 3.05) is 7.11 Å². The number of methoxy groups -OCH3 is 1. The molecule has 0 spiro atoms. The minimum atomic E-state index is -1.15. The van der Waals surface area contributed by atoms with Crippen molar-refractivity contribution in [3.05, 3.63) is 53.3 Å². The van der Waals surface area contributed by atoms with Gasteiger partial charge in [0.25, 0.3) is 5.91 Å². The molecular weight excluding hydrogens is 408 g/mol. The molecule has 1 atom stereocenters. The Morgan fingerprint density at radius 1 is 1.16 bits per heavy atom. The molecule has 1 N–H and O–H groups in total. The second-order valence-electron chi connectivity index (χ2n) is 8.88. The summed E-state index contributed by atoms with van der Waals surface area (Å²) in [6.07, 6.45) is 6.48. The molecular formula is C24H30N4O4. The predicted octanol–water partition coefficient (Wildman–Crippen LogP) is 2.92. The fraction of sp³-hybridized carbons (Fsp3) is 0.500. The molecule has 0 unspecified atom stereocenters. The molecule has 8 heteroatoms. The topological polar surface area (TPSA) is 93.5 Å². The highest BCUT2D eigenvalue weighted by molar-refractivity contribution is 6.01. The van der Waals surface area contributed by atoms with Crippen LogP contribution in [0.25, 0.3) is 0 Å². The minimum Gasteiger partial charge on any atom is -0.464 e. The molecule has 2 aliphatic rings. The first kappa shape index (κ1) is 22.0. The van der Waals surface area contributed by atoms with E-state index in [1.807, 2.05) is 30.3 Å². The van der Waals surface area contributed by atoms with Gasteiger partial charge in [0.15, 0.2) is 5.69 Å². The summed E-state index contributed by atoms with van der Waals surface area (Å²) < 4.78 is 6.23. The van der Waals surface area contributed by atoms with E-state index in [9.17, 15) is 14.4 Å². The largest absolute Gasteiger partial charge is 0.464 e. The Balaban J connectivity index is 1.67. The van der Waals surface area contributed by atoms with E-state index in [0.29, 0.717) is 0 Å². The lowest BCUT2D eigenvalue weighted by Gasteiger charge is -2.43. The summed E-state index contributed by atoms with van der Waals surface area (Å²) >= 11 is 0. The van der Waals surface area contributed by atoms with Crippen molar-refractivity contribution in [1.82, 2.24) is 20.0 Å². The maximum atomic E-state index is 13.6. The Bertz CT molecular complexity index is 995. The molecule has 1 aliphatic carbocycles. The number of carbonyl (C=O) groups excluding carboxylic acids is 3. The van der Waals surface area contributed by atoms with E-state index in [4.69, 9.17) is 4.74 Å². The van der Waals surface area contributed by atoms with Crippen LogP contribution in [0.5, 0.6) is 0 Å². The number of ether oxygens (including phenoxy) is 1. The number of rotatable bonds is 5. The zero-order valence-corrected chi connectivity index (χ0v) is 18.7. The molecule has 1 aromatic heterocycles. The van der Waals surface area contributed by atoms with Gasteiger partial charge in [-0.1, -0.05) is 56.0 Å². The van der Waals surface area contributed by atoms with Crippen LogP contribution in [0.15, 0.2) is 36.4 Å². The summed E-state index contributed by atoms with van der Waals surface area (Å²) in [6, 6.07) is 11.1. The average Bonchev–Trinajstić information content (AvgIpc) is 3.05.